The summed E-state index contributed by atoms with van der Waals surface area (Å²) in [6.07, 6.45) is 6.98. The standard InChI is InChI=1S/C25H31N3O3/c1-25(2,3)31-24(30)27-16-12-22(13-17-27)28(21-8-9-21)23(29)20-6-4-18(5-7-20)19-10-14-26-15-11-19/h4-7,10-11,14-15,21-22H,8-9,12-13,16-17H2,1-3H3. The van der Waals surface area contributed by atoms with Crippen molar-refractivity contribution in [2.75, 3.05) is 13.1 Å². The Balaban J connectivity index is 1.41. The lowest BCUT2D eigenvalue weighted by Crippen LogP contribution is -2.50. The number of pyridine rings is 1. The maximum absolute atomic E-state index is 13.4. The van der Waals surface area contributed by atoms with Crippen LogP contribution in [0.4, 0.5) is 4.79 Å². The highest BCUT2D eigenvalue weighted by atomic mass is 16.6. The number of benzene rings is 1. The summed E-state index contributed by atoms with van der Waals surface area (Å²) in [5, 5.41) is 0. The average Bonchev–Trinajstić information content (AvgIpc) is 3.59. The van der Waals surface area contributed by atoms with Gasteiger partial charge in [-0.15, -0.1) is 0 Å². The van der Waals surface area contributed by atoms with E-state index in [2.05, 4.69) is 9.88 Å². The van der Waals surface area contributed by atoms with Crippen LogP contribution in [0.5, 0.6) is 0 Å². The molecule has 6 nitrogen and oxygen atoms in total. The van der Waals surface area contributed by atoms with Gasteiger partial charge in [0.25, 0.3) is 5.91 Å². The maximum Gasteiger partial charge on any atom is 0.410 e. The van der Waals surface area contributed by atoms with Gasteiger partial charge in [0.2, 0.25) is 0 Å². The molecule has 0 unspecified atom stereocenters. The van der Waals surface area contributed by atoms with Crippen LogP contribution in [0.1, 0.15) is 56.8 Å². The number of hydrogen-bond acceptors (Lipinski definition) is 4. The fraction of sp³-hybridized carbons (Fsp3) is 0.480. The number of likely N-dealkylation sites (tertiary alicyclic amines) is 1. The van der Waals surface area contributed by atoms with Crippen molar-refractivity contribution in [3.05, 3.63) is 54.4 Å². The van der Waals surface area contributed by atoms with Crippen molar-refractivity contribution in [1.29, 1.82) is 0 Å². The van der Waals surface area contributed by atoms with E-state index in [0.29, 0.717) is 19.1 Å². The van der Waals surface area contributed by atoms with Gasteiger partial charge in [-0.25, -0.2) is 4.79 Å². The van der Waals surface area contributed by atoms with Gasteiger partial charge < -0.3 is 14.5 Å². The van der Waals surface area contributed by atoms with Gasteiger partial charge in [0, 0.05) is 43.1 Å². The smallest absolute Gasteiger partial charge is 0.410 e. The first-order chi connectivity index (χ1) is 14.8. The Kier molecular flexibility index (Phi) is 5.99. The van der Waals surface area contributed by atoms with Crippen LogP contribution in [-0.2, 0) is 4.74 Å². The van der Waals surface area contributed by atoms with E-state index in [1.165, 1.54) is 0 Å². The monoisotopic (exact) mass is 421 g/mol. The molecule has 2 amide bonds. The van der Waals surface area contributed by atoms with Crippen molar-refractivity contribution in [1.82, 2.24) is 14.8 Å². The third kappa shape index (κ3) is 5.24. The van der Waals surface area contributed by atoms with Crippen LogP contribution in [-0.4, -0.2) is 57.6 Å². The fourth-order valence-corrected chi connectivity index (χ4v) is 4.13. The molecule has 1 aromatic heterocycles. The third-order valence-corrected chi connectivity index (χ3v) is 5.83. The second-order valence-electron chi connectivity index (χ2n) is 9.46. The molecule has 0 spiro atoms. The lowest BCUT2D eigenvalue weighted by Gasteiger charge is -2.39. The maximum atomic E-state index is 13.4. The molecule has 2 heterocycles. The molecule has 2 aliphatic rings. The first-order valence-electron chi connectivity index (χ1n) is 11.1. The van der Waals surface area contributed by atoms with Crippen molar-refractivity contribution in [3.8, 4) is 11.1 Å². The van der Waals surface area contributed by atoms with Crippen LogP contribution in [0.2, 0.25) is 0 Å². The molecule has 0 atom stereocenters. The molecule has 1 aromatic carbocycles. The predicted octanol–water partition coefficient (Wildman–Crippen LogP) is 4.75. The zero-order chi connectivity index (χ0) is 22.0. The highest BCUT2D eigenvalue weighted by molar-refractivity contribution is 5.95. The highest BCUT2D eigenvalue weighted by Gasteiger charge is 2.39. The summed E-state index contributed by atoms with van der Waals surface area (Å²) in [6, 6.07) is 12.3. The van der Waals surface area contributed by atoms with Crippen LogP contribution in [0, 0.1) is 0 Å². The summed E-state index contributed by atoms with van der Waals surface area (Å²) in [6.45, 7) is 6.88. The molecule has 31 heavy (non-hydrogen) atoms. The summed E-state index contributed by atoms with van der Waals surface area (Å²) in [7, 11) is 0. The number of aromatic nitrogens is 1. The van der Waals surface area contributed by atoms with Gasteiger partial charge in [0.05, 0.1) is 0 Å². The first-order valence-corrected chi connectivity index (χ1v) is 11.1. The summed E-state index contributed by atoms with van der Waals surface area (Å²) in [4.78, 5) is 33.6. The molecule has 1 saturated heterocycles. The minimum absolute atomic E-state index is 0.0968. The zero-order valence-electron chi connectivity index (χ0n) is 18.6. The molecule has 0 radical (unpaired) electrons. The van der Waals surface area contributed by atoms with E-state index in [1.54, 1.807) is 17.3 Å². The Labute approximate surface area is 184 Å². The topological polar surface area (TPSA) is 62.7 Å². The number of hydrogen-bond donors (Lipinski definition) is 0. The lowest BCUT2D eigenvalue weighted by molar-refractivity contribution is 0.0142. The lowest BCUT2D eigenvalue weighted by atomic mass is 10.0. The van der Waals surface area contributed by atoms with Gasteiger partial charge in [-0.3, -0.25) is 9.78 Å². The molecule has 2 aromatic rings. The van der Waals surface area contributed by atoms with Crippen molar-refractivity contribution in [3.63, 3.8) is 0 Å². The second kappa shape index (κ2) is 8.69. The van der Waals surface area contributed by atoms with Gasteiger partial charge in [-0.1, -0.05) is 12.1 Å². The Morgan fingerprint density at radius 3 is 2.00 bits per heavy atom. The average molecular weight is 422 g/mol. The Hall–Kier alpha value is -2.89. The summed E-state index contributed by atoms with van der Waals surface area (Å²) in [5.41, 5.74) is 2.39. The molecule has 0 N–H and O–H groups in total. The van der Waals surface area contributed by atoms with E-state index >= 15 is 0 Å². The Bertz CT molecular complexity index is 909. The number of ether oxygens (including phenoxy) is 1. The Morgan fingerprint density at radius 2 is 1.45 bits per heavy atom. The van der Waals surface area contributed by atoms with Crippen LogP contribution < -0.4 is 0 Å². The molecule has 0 bridgehead atoms. The van der Waals surface area contributed by atoms with E-state index in [1.807, 2.05) is 57.2 Å². The molecule has 1 aliphatic heterocycles. The number of amides is 2. The van der Waals surface area contributed by atoms with E-state index < -0.39 is 5.60 Å². The van der Waals surface area contributed by atoms with Gasteiger partial charge in [0.15, 0.2) is 0 Å². The van der Waals surface area contributed by atoms with Gasteiger partial charge in [0.1, 0.15) is 5.60 Å². The van der Waals surface area contributed by atoms with Crippen molar-refractivity contribution >= 4 is 12.0 Å². The van der Waals surface area contributed by atoms with E-state index in [9.17, 15) is 9.59 Å². The van der Waals surface area contributed by atoms with E-state index in [-0.39, 0.29) is 18.0 Å². The number of carbonyl (C=O) groups is 2. The molecular weight excluding hydrogens is 390 g/mol. The van der Waals surface area contributed by atoms with Gasteiger partial charge >= 0.3 is 6.09 Å². The molecule has 164 valence electrons. The number of carbonyl (C=O) groups excluding carboxylic acids is 2. The minimum Gasteiger partial charge on any atom is -0.444 e. The fourth-order valence-electron chi connectivity index (χ4n) is 4.13. The van der Waals surface area contributed by atoms with Crippen molar-refractivity contribution < 1.29 is 14.3 Å². The van der Waals surface area contributed by atoms with Gasteiger partial charge in [-0.05, 0) is 81.8 Å². The number of rotatable bonds is 4. The largest absolute Gasteiger partial charge is 0.444 e. The second-order valence-corrected chi connectivity index (χ2v) is 9.46. The normalized spacial score (nSPS) is 17.3. The van der Waals surface area contributed by atoms with Crippen LogP contribution in [0.15, 0.2) is 48.8 Å². The van der Waals surface area contributed by atoms with Crippen molar-refractivity contribution in [2.45, 2.75) is 64.1 Å². The molecule has 6 heteroatoms. The molecule has 1 saturated carbocycles. The highest BCUT2D eigenvalue weighted by Crippen LogP contribution is 2.34. The summed E-state index contributed by atoms with van der Waals surface area (Å²) >= 11 is 0. The van der Waals surface area contributed by atoms with Crippen LogP contribution in [0.3, 0.4) is 0 Å². The third-order valence-electron chi connectivity index (χ3n) is 5.83. The van der Waals surface area contributed by atoms with Crippen molar-refractivity contribution in [2.24, 2.45) is 0 Å². The van der Waals surface area contributed by atoms with Crippen LogP contribution >= 0.6 is 0 Å². The van der Waals surface area contributed by atoms with Crippen LogP contribution in [0.25, 0.3) is 11.1 Å². The molecule has 4 rings (SSSR count). The first kappa shape index (κ1) is 21.3. The summed E-state index contributed by atoms with van der Waals surface area (Å²) in [5.74, 6) is 0.0968. The minimum atomic E-state index is -0.494. The molecular formula is C25H31N3O3. The molecule has 1 aliphatic carbocycles. The number of piperidine rings is 1. The Morgan fingerprint density at radius 1 is 0.903 bits per heavy atom. The number of nitrogens with zero attached hydrogens (tertiary/aromatic N) is 3. The van der Waals surface area contributed by atoms with Gasteiger partial charge in [-0.2, -0.15) is 0 Å². The summed E-state index contributed by atoms with van der Waals surface area (Å²) < 4.78 is 5.50. The quantitative estimate of drug-likeness (QED) is 0.715. The van der Waals surface area contributed by atoms with E-state index in [4.69, 9.17) is 4.74 Å². The SMILES string of the molecule is CC(C)(C)OC(=O)N1CCC(N(C(=O)c2ccc(-c3ccncc3)cc2)C2CC2)CC1. The predicted molar refractivity (Wildman–Crippen MR) is 120 cm³/mol. The zero-order valence-corrected chi connectivity index (χ0v) is 18.6. The van der Waals surface area contributed by atoms with E-state index in [0.717, 1.165) is 42.4 Å². The molecule has 2 fully saturated rings.